The molecule has 1 aromatic heterocycles. The molecule has 3 aromatic carbocycles. The number of carbonyl (C=O) groups is 2. The van der Waals surface area contributed by atoms with Crippen LogP contribution in [-0.2, 0) is 11.3 Å². The summed E-state index contributed by atoms with van der Waals surface area (Å²) in [4.78, 5) is 37.6. The minimum Gasteiger partial charge on any atom is -0.457 e. The highest BCUT2D eigenvalue weighted by atomic mass is 16.5. The zero-order valence-corrected chi connectivity index (χ0v) is 17.2. The fraction of sp³-hybridized carbons (Fsp3) is 0.0833. The lowest BCUT2D eigenvalue weighted by atomic mass is 10.1. The number of carbonyl (C=O) groups excluding carboxylic acids is 2. The van der Waals surface area contributed by atoms with E-state index in [9.17, 15) is 14.4 Å². The molecule has 0 fully saturated rings. The van der Waals surface area contributed by atoms with Crippen LogP contribution < -0.4 is 20.9 Å². The lowest BCUT2D eigenvalue weighted by Gasteiger charge is -2.11. The molecule has 32 heavy (non-hydrogen) atoms. The molecule has 0 aliphatic rings. The van der Waals surface area contributed by atoms with Crippen LogP contribution in [0.2, 0.25) is 0 Å². The third kappa shape index (κ3) is 4.49. The first-order chi connectivity index (χ1) is 15.5. The number of ether oxygens (including phenoxy) is 1. The van der Waals surface area contributed by atoms with Gasteiger partial charge in [-0.2, -0.15) is 5.10 Å². The van der Waals surface area contributed by atoms with Crippen molar-refractivity contribution in [2.45, 2.75) is 6.54 Å². The highest BCUT2D eigenvalue weighted by molar-refractivity contribution is 6.04. The summed E-state index contributed by atoms with van der Waals surface area (Å²) in [5, 5.41) is 10.1. The van der Waals surface area contributed by atoms with Crippen LogP contribution in [-0.4, -0.2) is 28.6 Å². The number of fused-ring (bicyclic) bond motifs is 1. The minimum absolute atomic E-state index is 0.0814. The van der Waals surface area contributed by atoms with Gasteiger partial charge in [-0.05, 0) is 42.5 Å². The third-order valence-corrected chi connectivity index (χ3v) is 4.72. The van der Waals surface area contributed by atoms with E-state index in [1.54, 1.807) is 48.5 Å². The fourth-order valence-corrected chi connectivity index (χ4v) is 3.20. The summed E-state index contributed by atoms with van der Waals surface area (Å²) in [6, 6.07) is 22.9. The summed E-state index contributed by atoms with van der Waals surface area (Å²) in [5.74, 6) is 0.439. The van der Waals surface area contributed by atoms with E-state index in [1.165, 1.54) is 7.05 Å². The molecule has 0 radical (unpaired) electrons. The first-order valence-electron chi connectivity index (χ1n) is 9.90. The summed E-state index contributed by atoms with van der Waals surface area (Å²) in [5.41, 5.74) is 0.170. The molecular formula is C24H20N4O4. The molecule has 0 unspecified atom stereocenters. The van der Waals surface area contributed by atoms with Gasteiger partial charge in [0.2, 0.25) is 5.91 Å². The molecule has 160 valence electrons. The van der Waals surface area contributed by atoms with Crippen molar-refractivity contribution in [3.8, 4) is 11.5 Å². The van der Waals surface area contributed by atoms with Crippen LogP contribution in [0.4, 0.5) is 5.69 Å². The summed E-state index contributed by atoms with van der Waals surface area (Å²) >= 11 is 0. The van der Waals surface area contributed by atoms with E-state index in [0.717, 1.165) is 4.68 Å². The van der Waals surface area contributed by atoms with Crippen molar-refractivity contribution >= 4 is 28.3 Å². The molecule has 0 spiro atoms. The van der Waals surface area contributed by atoms with E-state index in [4.69, 9.17) is 4.74 Å². The molecule has 8 nitrogen and oxygen atoms in total. The molecule has 0 aliphatic heterocycles. The number of para-hydroxylation sites is 1. The Morgan fingerprint density at radius 1 is 0.875 bits per heavy atom. The molecule has 2 N–H and O–H groups in total. The molecule has 0 atom stereocenters. The van der Waals surface area contributed by atoms with Crippen molar-refractivity contribution in [2.24, 2.45) is 0 Å². The van der Waals surface area contributed by atoms with Crippen molar-refractivity contribution < 1.29 is 14.3 Å². The third-order valence-electron chi connectivity index (χ3n) is 4.72. The Morgan fingerprint density at radius 2 is 1.50 bits per heavy atom. The van der Waals surface area contributed by atoms with Gasteiger partial charge in [-0.3, -0.25) is 14.4 Å². The summed E-state index contributed by atoms with van der Waals surface area (Å²) in [6.45, 7) is -0.337. The summed E-state index contributed by atoms with van der Waals surface area (Å²) in [6.07, 6.45) is 0. The van der Waals surface area contributed by atoms with E-state index in [-0.39, 0.29) is 12.2 Å². The first-order valence-corrected chi connectivity index (χ1v) is 9.90. The van der Waals surface area contributed by atoms with Gasteiger partial charge >= 0.3 is 0 Å². The number of hydrogen-bond donors (Lipinski definition) is 2. The van der Waals surface area contributed by atoms with Gasteiger partial charge in [0.05, 0.1) is 5.39 Å². The van der Waals surface area contributed by atoms with Gasteiger partial charge in [0, 0.05) is 18.1 Å². The second kappa shape index (κ2) is 9.13. The minimum atomic E-state index is -0.450. The Balaban J connectivity index is 1.51. The number of rotatable bonds is 6. The first kappa shape index (κ1) is 20.8. The van der Waals surface area contributed by atoms with Crippen molar-refractivity contribution in [2.75, 3.05) is 12.4 Å². The van der Waals surface area contributed by atoms with E-state index in [2.05, 4.69) is 15.7 Å². The van der Waals surface area contributed by atoms with Crippen molar-refractivity contribution in [3.05, 3.63) is 94.9 Å². The number of nitrogens with one attached hydrogen (secondary N) is 2. The number of amides is 2. The zero-order valence-electron chi connectivity index (χ0n) is 17.2. The van der Waals surface area contributed by atoms with E-state index < -0.39 is 17.4 Å². The maximum absolute atomic E-state index is 12.8. The lowest BCUT2D eigenvalue weighted by Crippen LogP contribution is -2.33. The van der Waals surface area contributed by atoms with Gasteiger partial charge in [0.1, 0.15) is 18.0 Å². The Labute approximate surface area is 183 Å². The number of hydrogen-bond acceptors (Lipinski definition) is 5. The Morgan fingerprint density at radius 3 is 2.19 bits per heavy atom. The summed E-state index contributed by atoms with van der Waals surface area (Å²) < 4.78 is 6.73. The van der Waals surface area contributed by atoms with Gasteiger partial charge < -0.3 is 15.4 Å². The molecule has 0 aliphatic carbocycles. The largest absolute Gasteiger partial charge is 0.457 e. The van der Waals surface area contributed by atoms with E-state index in [1.807, 2.05) is 30.3 Å². The zero-order chi connectivity index (χ0) is 22.5. The molecule has 1 heterocycles. The van der Waals surface area contributed by atoms with E-state index in [0.29, 0.717) is 28.0 Å². The van der Waals surface area contributed by atoms with Gasteiger partial charge in [-0.25, -0.2) is 4.68 Å². The Bertz CT molecular complexity index is 1330. The van der Waals surface area contributed by atoms with Crippen LogP contribution in [0.5, 0.6) is 11.5 Å². The topological polar surface area (TPSA) is 102 Å². The molecule has 0 saturated heterocycles. The molecule has 4 aromatic rings. The molecule has 8 heteroatoms. The van der Waals surface area contributed by atoms with Crippen LogP contribution >= 0.6 is 0 Å². The second-order valence-electron chi connectivity index (χ2n) is 6.92. The fourth-order valence-electron chi connectivity index (χ4n) is 3.20. The van der Waals surface area contributed by atoms with Crippen LogP contribution in [0.1, 0.15) is 10.5 Å². The normalized spacial score (nSPS) is 10.5. The maximum atomic E-state index is 12.8. The Hall–Kier alpha value is -4.46. The number of benzene rings is 3. The van der Waals surface area contributed by atoms with Crippen molar-refractivity contribution in [1.29, 1.82) is 0 Å². The second-order valence-corrected chi connectivity index (χ2v) is 6.92. The smallest absolute Gasteiger partial charge is 0.275 e. The van der Waals surface area contributed by atoms with Crippen LogP contribution in [0.15, 0.2) is 83.7 Å². The average molecular weight is 428 g/mol. The summed E-state index contributed by atoms with van der Waals surface area (Å²) in [7, 11) is 1.48. The van der Waals surface area contributed by atoms with Crippen molar-refractivity contribution in [1.82, 2.24) is 15.1 Å². The monoisotopic (exact) mass is 428 g/mol. The molecule has 2 amide bonds. The number of aromatic nitrogens is 2. The lowest BCUT2D eigenvalue weighted by molar-refractivity contribution is -0.117. The SMILES string of the molecule is CNC(=O)c1nn(CC(=O)Nc2ccc(Oc3ccccc3)cc2)c(=O)c2ccccc12. The predicted octanol–water partition coefficient (Wildman–Crippen LogP) is 3.19. The van der Waals surface area contributed by atoms with Gasteiger partial charge in [0.15, 0.2) is 5.69 Å². The number of anilines is 1. The average Bonchev–Trinajstić information content (AvgIpc) is 2.82. The van der Waals surface area contributed by atoms with Crippen LogP contribution in [0.25, 0.3) is 10.8 Å². The molecule has 4 rings (SSSR count). The quantitative estimate of drug-likeness (QED) is 0.491. The van der Waals surface area contributed by atoms with Crippen molar-refractivity contribution in [3.63, 3.8) is 0 Å². The predicted molar refractivity (Wildman–Crippen MR) is 121 cm³/mol. The van der Waals surface area contributed by atoms with E-state index >= 15 is 0 Å². The molecular weight excluding hydrogens is 408 g/mol. The Kier molecular flexibility index (Phi) is 5.94. The van der Waals surface area contributed by atoms with Gasteiger partial charge in [0.25, 0.3) is 11.5 Å². The van der Waals surface area contributed by atoms with Crippen LogP contribution in [0, 0.1) is 0 Å². The maximum Gasteiger partial charge on any atom is 0.275 e. The number of nitrogens with zero attached hydrogens (tertiary/aromatic N) is 2. The highest BCUT2D eigenvalue weighted by Crippen LogP contribution is 2.22. The van der Waals surface area contributed by atoms with Crippen LogP contribution in [0.3, 0.4) is 0 Å². The molecule has 0 saturated carbocycles. The molecule has 0 bridgehead atoms. The van der Waals surface area contributed by atoms with Gasteiger partial charge in [-0.15, -0.1) is 0 Å². The van der Waals surface area contributed by atoms with Gasteiger partial charge in [-0.1, -0.05) is 36.4 Å². The highest BCUT2D eigenvalue weighted by Gasteiger charge is 2.17. The standard InChI is InChI=1S/C24H20N4O4/c1-25-23(30)22-19-9-5-6-10-20(19)24(31)28(27-22)15-21(29)26-16-11-13-18(14-12-16)32-17-7-3-2-4-8-17/h2-14H,15H2,1H3,(H,25,30)(H,26,29).